The summed E-state index contributed by atoms with van der Waals surface area (Å²) in [5.74, 6) is 0.554. The smallest absolute Gasteiger partial charge is 0.149 e. The van der Waals surface area contributed by atoms with Crippen molar-refractivity contribution in [3.05, 3.63) is 89.7 Å². The molecule has 6 heteroatoms. The Hall–Kier alpha value is -3.95. The first kappa shape index (κ1) is 17.2. The number of H-pyrrole nitrogens is 1. The van der Waals surface area contributed by atoms with Gasteiger partial charge >= 0.3 is 0 Å². The number of nitrogens with zero attached hydrogens (tertiary/aromatic N) is 4. The number of rotatable bonds is 4. The van der Waals surface area contributed by atoms with Crippen molar-refractivity contribution in [1.29, 1.82) is 5.26 Å². The average Bonchev–Trinajstić information content (AvgIpc) is 3.51. The number of benzene rings is 2. The predicted molar refractivity (Wildman–Crippen MR) is 116 cm³/mol. The lowest BCUT2D eigenvalue weighted by molar-refractivity contribution is 0.885. The first-order valence-electron chi connectivity index (χ1n) is 9.08. The van der Waals surface area contributed by atoms with Crippen LogP contribution < -0.4 is 0 Å². The van der Waals surface area contributed by atoms with Crippen LogP contribution in [0.4, 0.5) is 0 Å². The van der Waals surface area contributed by atoms with Crippen LogP contribution in [0.1, 0.15) is 11.4 Å². The molecule has 1 N–H and O–H groups in total. The summed E-state index contributed by atoms with van der Waals surface area (Å²) in [6.07, 6.45) is 3.80. The fourth-order valence-corrected chi connectivity index (χ4v) is 3.93. The van der Waals surface area contributed by atoms with Crippen molar-refractivity contribution in [2.45, 2.75) is 0 Å². The molecule has 0 aliphatic rings. The number of nitriles is 1. The van der Waals surface area contributed by atoms with Gasteiger partial charge in [0, 0.05) is 11.8 Å². The van der Waals surface area contributed by atoms with E-state index in [9.17, 15) is 5.26 Å². The number of fused-ring (bicyclic) bond motifs is 1. The number of thiophene rings is 1. The van der Waals surface area contributed by atoms with Crippen molar-refractivity contribution in [2.24, 2.45) is 0 Å². The molecular weight excluding hydrogens is 378 g/mol. The Kier molecular flexibility index (Phi) is 4.28. The molecule has 0 bridgehead atoms. The van der Waals surface area contributed by atoms with Gasteiger partial charge in [0.25, 0.3) is 0 Å². The molecule has 0 amide bonds. The first-order valence-corrected chi connectivity index (χ1v) is 9.96. The number of imidazole rings is 1. The number of para-hydroxylation sites is 3. The summed E-state index contributed by atoms with van der Waals surface area (Å²) in [7, 11) is 0. The summed E-state index contributed by atoms with van der Waals surface area (Å²) in [4.78, 5) is 8.85. The molecule has 0 spiro atoms. The van der Waals surface area contributed by atoms with E-state index in [4.69, 9.17) is 5.10 Å². The fraction of sp³-hybridized carbons (Fsp3) is 0. The van der Waals surface area contributed by atoms with Crippen LogP contribution >= 0.6 is 11.3 Å². The van der Waals surface area contributed by atoms with E-state index in [1.54, 1.807) is 11.3 Å². The molecule has 5 aromatic rings. The number of allylic oxidation sites excluding steroid dienone is 1. The number of hydrogen-bond donors (Lipinski definition) is 1. The first-order chi connectivity index (χ1) is 14.3. The van der Waals surface area contributed by atoms with E-state index in [0.29, 0.717) is 11.4 Å². The van der Waals surface area contributed by atoms with Crippen LogP contribution in [0.25, 0.3) is 38.9 Å². The largest absolute Gasteiger partial charge is 0.337 e. The van der Waals surface area contributed by atoms with Gasteiger partial charge in [-0.2, -0.15) is 10.4 Å². The van der Waals surface area contributed by atoms with Crippen molar-refractivity contribution in [1.82, 2.24) is 19.7 Å². The topological polar surface area (TPSA) is 70.3 Å². The summed E-state index contributed by atoms with van der Waals surface area (Å²) in [6, 6.07) is 24.0. The van der Waals surface area contributed by atoms with Crippen LogP contribution in [0, 0.1) is 11.3 Å². The van der Waals surface area contributed by atoms with Gasteiger partial charge in [-0.25, -0.2) is 9.67 Å². The van der Waals surface area contributed by atoms with Gasteiger partial charge < -0.3 is 4.98 Å². The van der Waals surface area contributed by atoms with Gasteiger partial charge in [0.05, 0.1) is 27.2 Å². The highest BCUT2D eigenvalue weighted by molar-refractivity contribution is 7.13. The molecule has 0 unspecified atom stereocenters. The maximum atomic E-state index is 9.81. The number of aromatic nitrogens is 4. The maximum absolute atomic E-state index is 9.81. The zero-order chi connectivity index (χ0) is 19.6. The molecule has 2 aromatic carbocycles. The van der Waals surface area contributed by atoms with Crippen molar-refractivity contribution < 1.29 is 0 Å². The van der Waals surface area contributed by atoms with E-state index in [0.717, 1.165) is 32.9 Å². The van der Waals surface area contributed by atoms with E-state index in [1.807, 2.05) is 89.1 Å². The molecule has 0 aliphatic carbocycles. The molecule has 5 nitrogen and oxygen atoms in total. The number of nitrogens with one attached hydrogen (secondary N) is 1. The molecule has 5 rings (SSSR count). The van der Waals surface area contributed by atoms with Crippen molar-refractivity contribution in [3.63, 3.8) is 0 Å². The number of hydrogen-bond acceptors (Lipinski definition) is 4. The highest BCUT2D eigenvalue weighted by Crippen LogP contribution is 2.30. The third-order valence-corrected chi connectivity index (χ3v) is 5.46. The third kappa shape index (κ3) is 3.24. The van der Waals surface area contributed by atoms with Gasteiger partial charge in [0.15, 0.2) is 0 Å². The Morgan fingerprint density at radius 1 is 1.03 bits per heavy atom. The predicted octanol–water partition coefficient (Wildman–Crippen LogP) is 5.54. The Morgan fingerprint density at radius 3 is 2.62 bits per heavy atom. The van der Waals surface area contributed by atoms with E-state index in [1.165, 1.54) is 0 Å². The second-order valence-corrected chi connectivity index (χ2v) is 7.41. The summed E-state index contributed by atoms with van der Waals surface area (Å²) in [6.45, 7) is 0. The third-order valence-electron chi connectivity index (χ3n) is 4.58. The second-order valence-electron chi connectivity index (χ2n) is 6.46. The van der Waals surface area contributed by atoms with E-state index < -0.39 is 0 Å². The van der Waals surface area contributed by atoms with Crippen LogP contribution in [-0.4, -0.2) is 19.7 Å². The van der Waals surface area contributed by atoms with E-state index in [2.05, 4.69) is 16.0 Å². The van der Waals surface area contributed by atoms with Gasteiger partial charge in [0.2, 0.25) is 0 Å². The quantitative estimate of drug-likeness (QED) is 0.408. The highest BCUT2D eigenvalue weighted by atomic mass is 32.1. The van der Waals surface area contributed by atoms with E-state index in [-0.39, 0.29) is 0 Å². The lowest BCUT2D eigenvalue weighted by atomic mass is 10.1. The molecule has 0 aliphatic heterocycles. The molecule has 0 saturated heterocycles. The van der Waals surface area contributed by atoms with Crippen molar-refractivity contribution >= 4 is 34.0 Å². The van der Waals surface area contributed by atoms with Crippen LogP contribution in [0.15, 0.2) is 78.3 Å². The SMILES string of the molecule is N#CC(=Cc1cn(-c2ccccc2)nc1-c1cccs1)c1nc2ccccc2[nH]1. The summed E-state index contributed by atoms with van der Waals surface area (Å²) >= 11 is 1.62. The molecule has 3 aromatic heterocycles. The van der Waals surface area contributed by atoms with Crippen LogP contribution in [-0.2, 0) is 0 Å². The normalized spacial score (nSPS) is 11.6. The summed E-state index contributed by atoms with van der Waals surface area (Å²) < 4.78 is 1.84. The van der Waals surface area contributed by atoms with Gasteiger partial charge in [-0.1, -0.05) is 36.4 Å². The lowest BCUT2D eigenvalue weighted by Crippen LogP contribution is -1.93. The second kappa shape index (κ2) is 7.23. The van der Waals surface area contributed by atoms with Crippen LogP contribution in [0.3, 0.4) is 0 Å². The molecule has 29 heavy (non-hydrogen) atoms. The average molecular weight is 393 g/mol. The molecule has 0 radical (unpaired) electrons. The van der Waals surface area contributed by atoms with Gasteiger partial charge in [0.1, 0.15) is 17.6 Å². The van der Waals surface area contributed by atoms with Crippen LogP contribution in [0.2, 0.25) is 0 Å². The zero-order valence-electron chi connectivity index (χ0n) is 15.3. The van der Waals surface area contributed by atoms with Crippen LogP contribution in [0.5, 0.6) is 0 Å². The molecule has 138 valence electrons. The highest BCUT2D eigenvalue weighted by Gasteiger charge is 2.14. The standard InChI is InChI=1S/C23H15N5S/c24-14-16(23-25-19-9-4-5-10-20(19)26-23)13-17-15-28(18-7-2-1-3-8-18)27-22(17)21-11-6-12-29-21/h1-13,15H,(H,25,26). The summed E-state index contributed by atoms with van der Waals surface area (Å²) in [5.41, 5.74) is 4.88. The molecule has 0 atom stereocenters. The zero-order valence-corrected chi connectivity index (χ0v) is 16.1. The molecular formula is C23H15N5S. The summed E-state index contributed by atoms with van der Waals surface area (Å²) in [5, 5.41) is 16.6. The minimum absolute atomic E-state index is 0.464. The van der Waals surface area contributed by atoms with Gasteiger partial charge in [-0.3, -0.25) is 0 Å². The van der Waals surface area contributed by atoms with Gasteiger partial charge in [-0.05, 0) is 41.8 Å². The Labute approximate surface area is 171 Å². The monoisotopic (exact) mass is 393 g/mol. The van der Waals surface area contributed by atoms with Crippen molar-refractivity contribution in [3.8, 4) is 22.3 Å². The Balaban J connectivity index is 1.65. The molecule has 0 fully saturated rings. The fourth-order valence-electron chi connectivity index (χ4n) is 3.20. The van der Waals surface area contributed by atoms with Gasteiger partial charge in [-0.15, -0.1) is 11.3 Å². The maximum Gasteiger partial charge on any atom is 0.149 e. The van der Waals surface area contributed by atoms with Crippen molar-refractivity contribution in [2.75, 3.05) is 0 Å². The molecule has 0 saturated carbocycles. The lowest BCUT2D eigenvalue weighted by Gasteiger charge is -1.99. The number of aromatic amines is 1. The Morgan fingerprint density at radius 2 is 1.86 bits per heavy atom. The molecule has 3 heterocycles. The Bertz CT molecular complexity index is 1320. The minimum atomic E-state index is 0.464. The van der Waals surface area contributed by atoms with E-state index >= 15 is 0 Å². The minimum Gasteiger partial charge on any atom is -0.337 e.